The Kier molecular flexibility index (Phi) is 16.9. The second-order valence-corrected chi connectivity index (χ2v) is 14.1. The van der Waals surface area contributed by atoms with E-state index in [2.05, 4.69) is 20.9 Å². The Hall–Kier alpha value is -6.53. The van der Waals surface area contributed by atoms with E-state index in [4.69, 9.17) is 19.9 Å². The van der Waals surface area contributed by atoms with Gasteiger partial charge < -0.3 is 40.8 Å². The van der Waals surface area contributed by atoms with Gasteiger partial charge in [0.05, 0.1) is 32.6 Å². The second kappa shape index (κ2) is 21.3. The number of fused-ring (bicyclic) bond motifs is 1. The van der Waals surface area contributed by atoms with Crippen molar-refractivity contribution in [3.05, 3.63) is 71.9 Å². The molecule has 0 bridgehead atoms. The van der Waals surface area contributed by atoms with Crippen molar-refractivity contribution in [2.24, 2.45) is 17.6 Å². The summed E-state index contributed by atoms with van der Waals surface area (Å²) in [5.74, 6) is -12.7. The zero-order chi connectivity index (χ0) is 44.1. The van der Waals surface area contributed by atoms with Gasteiger partial charge in [-0.15, -0.1) is 0 Å². The van der Waals surface area contributed by atoms with Crippen molar-refractivity contribution >= 4 is 58.2 Å². The van der Waals surface area contributed by atoms with Crippen LogP contribution in [0.3, 0.4) is 0 Å². The minimum absolute atomic E-state index is 0.00831. The lowest BCUT2D eigenvalue weighted by Gasteiger charge is -2.37. The van der Waals surface area contributed by atoms with E-state index < -0.39 is 126 Å². The molecular weight excluding hydrogens is 778 g/mol. The van der Waals surface area contributed by atoms with Gasteiger partial charge in [0.1, 0.15) is 42.5 Å². The Labute approximate surface area is 338 Å². The number of hydrogen-bond acceptors (Lipinski definition) is 12. The van der Waals surface area contributed by atoms with Gasteiger partial charge in [0, 0.05) is 5.39 Å². The molecular formula is C40H48F2N6O11. The molecule has 19 heteroatoms. The number of carbonyl (C=O) groups excluding carboxylic acids is 8. The van der Waals surface area contributed by atoms with E-state index in [1.54, 1.807) is 32.0 Å². The number of pyridine rings is 1. The highest BCUT2D eigenvalue weighted by Gasteiger charge is 2.42. The predicted octanol–water partition coefficient (Wildman–Crippen LogP) is 1.74. The van der Waals surface area contributed by atoms with Crippen LogP contribution in [0.1, 0.15) is 57.9 Å². The van der Waals surface area contributed by atoms with Gasteiger partial charge in [-0.1, -0.05) is 58.0 Å². The Morgan fingerprint density at radius 2 is 1.32 bits per heavy atom. The van der Waals surface area contributed by atoms with Crippen LogP contribution in [-0.2, 0) is 43.0 Å². The minimum atomic E-state index is -1.89. The molecule has 0 saturated carbocycles. The lowest BCUT2D eigenvalue weighted by atomic mass is 9.97. The van der Waals surface area contributed by atoms with Crippen molar-refractivity contribution in [1.29, 1.82) is 0 Å². The number of primary amides is 1. The van der Waals surface area contributed by atoms with Gasteiger partial charge >= 0.3 is 11.9 Å². The molecule has 0 aliphatic carbocycles. The number of esters is 2. The highest BCUT2D eigenvalue weighted by Crippen LogP contribution is 2.23. The highest BCUT2D eigenvalue weighted by atomic mass is 19.1. The number of amides is 5. The molecule has 5 amide bonds. The third-order valence-corrected chi connectivity index (χ3v) is 9.19. The van der Waals surface area contributed by atoms with Crippen molar-refractivity contribution in [2.45, 2.75) is 77.7 Å². The zero-order valence-corrected chi connectivity index (χ0v) is 33.6. The highest BCUT2D eigenvalue weighted by molar-refractivity contribution is 6.01. The van der Waals surface area contributed by atoms with Crippen LogP contribution in [0.5, 0.6) is 5.75 Å². The molecule has 17 nitrogen and oxygen atoms in total. The Morgan fingerprint density at radius 3 is 1.90 bits per heavy atom. The van der Waals surface area contributed by atoms with E-state index >= 15 is 0 Å². The summed E-state index contributed by atoms with van der Waals surface area (Å²) in [6, 6.07) is 4.91. The van der Waals surface area contributed by atoms with Gasteiger partial charge in [-0.3, -0.25) is 38.4 Å². The van der Waals surface area contributed by atoms with E-state index in [-0.39, 0.29) is 5.69 Å². The predicted molar refractivity (Wildman–Crippen MR) is 206 cm³/mol. The number of aromatic nitrogens is 1. The van der Waals surface area contributed by atoms with E-state index in [0.717, 1.165) is 44.7 Å². The normalized spacial score (nSPS) is 13.6. The monoisotopic (exact) mass is 826 g/mol. The summed E-state index contributed by atoms with van der Waals surface area (Å²) in [6.45, 7) is 6.26. The molecule has 0 radical (unpaired) electrons. The number of halogens is 2. The largest absolute Gasteiger partial charge is 0.480 e. The first-order valence-corrected chi connectivity index (χ1v) is 18.4. The third-order valence-electron chi connectivity index (χ3n) is 9.19. The first kappa shape index (κ1) is 46.8. The number of benzene rings is 2. The van der Waals surface area contributed by atoms with Crippen LogP contribution < -0.4 is 26.4 Å². The molecule has 5 N–H and O–H groups in total. The summed E-state index contributed by atoms with van der Waals surface area (Å²) in [5.41, 5.74) is 6.11. The maximum absolute atomic E-state index is 14.4. The van der Waals surface area contributed by atoms with Crippen LogP contribution in [0.25, 0.3) is 10.9 Å². The number of para-hydroxylation sites is 2. The first-order valence-electron chi connectivity index (χ1n) is 18.4. The molecule has 318 valence electrons. The second-order valence-electron chi connectivity index (χ2n) is 14.1. The maximum atomic E-state index is 14.4. The molecule has 0 saturated heterocycles. The Balaban J connectivity index is 1.94. The molecule has 0 aliphatic heterocycles. The van der Waals surface area contributed by atoms with Crippen molar-refractivity contribution < 1.29 is 61.3 Å². The molecule has 1 aromatic heterocycles. The van der Waals surface area contributed by atoms with Gasteiger partial charge in [-0.05, 0) is 43.0 Å². The van der Waals surface area contributed by atoms with Crippen molar-refractivity contribution in [3.8, 4) is 5.75 Å². The molecule has 0 fully saturated rings. The standard InChI is InChI=1S/C40H48F2N6O11/c1-20(2)33(46-37(53)27-16-15-23-11-8-9-14-26(23)44-27)39(55)45-28(17-31(50)57-6)38(54)47-34(21(3)4)40(56)48(22(5)36(43)52)29(18-32(51)58-7)30(49)19-59-35-24(41)12-10-13-25(35)42/h8-16,20-22,28-29,33-34H,17-19H2,1-7H3,(H2,43,52)(H,45,55)(H,46,53)(H,47,54)/t22-,28-,29?,33-,34-/m0/s1. The molecule has 3 rings (SSSR count). The molecule has 59 heavy (non-hydrogen) atoms. The van der Waals surface area contributed by atoms with Crippen LogP contribution in [0, 0.1) is 23.5 Å². The van der Waals surface area contributed by atoms with Gasteiger partial charge in [0.25, 0.3) is 5.91 Å². The Bertz CT molecular complexity index is 2040. The summed E-state index contributed by atoms with van der Waals surface area (Å²) in [4.78, 5) is 112. The summed E-state index contributed by atoms with van der Waals surface area (Å²) >= 11 is 0. The summed E-state index contributed by atoms with van der Waals surface area (Å²) < 4.78 is 43.2. The lowest BCUT2D eigenvalue weighted by molar-refractivity contribution is -0.154. The van der Waals surface area contributed by atoms with Crippen molar-refractivity contribution in [1.82, 2.24) is 25.8 Å². The number of nitrogens with zero attached hydrogens (tertiary/aromatic N) is 2. The molecule has 0 spiro atoms. The maximum Gasteiger partial charge on any atom is 0.308 e. The lowest BCUT2D eigenvalue weighted by Crippen LogP contribution is -2.63. The quantitative estimate of drug-likeness (QED) is 0.119. The molecule has 2 aromatic carbocycles. The summed E-state index contributed by atoms with van der Waals surface area (Å²) in [6.07, 6.45) is -1.62. The topological polar surface area (TPSA) is 242 Å². The number of Topliss-reactive ketones (excluding diaryl/α,β-unsaturated/α-hetero) is 1. The zero-order valence-electron chi connectivity index (χ0n) is 33.6. The SMILES string of the molecule is COC(=O)CC(C(=O)COc1c(F)cccc1F)N(C(=O)[C@@H](NC(=O)[C@H](CC(=O)OC)NC(=O)[C@@H](NC(=O)c1ccc2ccccc2n1)C(C)C)C(C)C)[C@@H](C)C(N)=O. The number of hydrogen-bond donors (Lipinski definition) is 4. The smallest absolute Gasteiger partial charge is 0.308 e. The van der Waals surface area contributed by atoms with E-state index in [1.165, 1.54) is 19.9 Å². The summed E-state index contributed by atoms with van der Waals surface area (Å²) in [7, 11) is 2.03. The van der Waals surface area contributed by atoms with Gasteiger partial charge in [0.2, 0.25) is 23.6 Å². The molecule has 0 aliphatic rings. The first-order chi connectivity index (χ1) is 27.8. The molecule has 3 aromatic rings. The van der Waals surface area contributed by atoms with Gasteiger partial charge in [0.15, 0.2) is 23.2 Å². The minimum Gasteiger partial charge on any atom is -0.480 e. The van der Waals surface area contributed by atoms with Crippen molar-refractivity contribution in [3.63, 3.8) is 0 Å². The van der Waals surface area contributed by atoms with E-state index in [0.29, 0.717) is 10.4 Å². The number of methoxy groups -OCH3 is 2. The average Bonchev–Trinajstić information content (AvgIpc) is 3.19. The van der Waals surface area contributed by atoms with Crippen LogP contribution in [0.2, 0.25) is 0 Å². The number of rotatable bonds is 20. The third kappa shape index (κ3) is 12.5. The molecule has 5 atom stereocenters. The fourth-order valence-electron chi connectivity index (χ4n) is 5.81. The molecule has 1 unspecified atom stereocenters. The molecule has 1 heterocycles. The van der Waals surface area contributed by atoms with Crippen LogP contribution >= 0.6 is 0 Å². The van der Waals surface area contributed by atoms with Crippen LogP contribution in [0.15, 0.2) is 54.6 Å². The van der Waals surface area contributed by atoms with E-state index in [1.807, 2.05) is 12.1 Å². The van der Waals surface area contributed by atoms with E-state index in [9.17, 15) is 47.1 Å². The van der Waals surface area contributed by atoms with Gasteiger partial charge in [-0.25, -0.2) is 13.8 Å². The van der Waals surface area contributed by atoms with Crippen molar-refractivity contribution in [2.75, 3.05) is 20.8 Å². The Morgan fingerprint density at radius 1 is 0.729 bits per heavy atom. The number of carbonyl (C=O) groups is 8. The number of nitrogens with one attached hydrogen (secondary N) is 3. The fraction of sp³-hybridized carbons (Fsp3) is 0.425. The number of ether oxygens (including phenoxy) is 3. The number of nitrogens with two attached hydrogens (primary N) is 1. The number of ketones is 1. The van der Waals surface area contributed by atoms with Gasteiger partial charge in [-0.2, -0.15) is 0 Å². The van der Waals surface area contributed by atoms with Crippen LogP contribution in [0.4, 0.5) is 8.78 Å². The summed E-state index contributed by atoms with van der Waals surface area (Å²) in [5, 5.41) is 8.28. The van der Waals surface area contributed by atoms with Crippen LogP contribution in [-0.4, -0.2) is 108 Å². The average molecular weight is 827 g/mol. The fourth-order valence-corrected chi connectivity index (χ4v) is 5.81.